The average Bonchev–Trinajstić information content (AvgIpc) is 3.35. The zero-order valence-electron chi connectivity index (χ0n) is 15.9. The van der Waals surface area contributed by atoms with Gasteiger partial charge in [-0.25, -0.2) is 13.1 Å². The lowest BCUT2D eigenvalue weighted by Crippen LogP contribution is -2.32. The molecule has 6 heteroatoms. The lowest BCUT2D eigenvalue weighted by molar-refractivity contribution is -0.118. The van der Waals surface area contributed by atoms with E-state index in [9.17, 15) is 13.2 Å². The van der Waals surface area contributed by atoms with E-state index in [1.807, 2.05) is 30.3 Å². The molecule has 2 aromatic rings. The van der Waals surface area contributed by atoms with Crippen molar-refractivity contribution in [1.82, 2.24) is 4.72 Å². The first-order valence-corrected chi connectivity index (χ1v) is 11.5. The molecule has 1 heterocycles. The molecular weight excluding hydrogens is 372 g/mol. The van der Waals surface area contributed by atoms with Gasteiger partial charge in [0.2, 0.25) is 15.9 Å². The summed E-state index contributed by atoms with van der Waals surface area (Å²) in [5.41, 5.74) is 2.93. The number of hydrogen-bond donors (Lipinski definition) is 1. The summed E-state index contributed by atoms with van der Waals surface area (Å²) in [6, 6.07) is 15.2. The van der Waals surface area contributed by atoms with Crippen molar-refractivity contribution < 1.29 is 13.2 Å². The second-order valence-electron chi connectivity index (χ2n) is 7.67. The third-order valence-corrected chi connectivity index (χ3v) is 7.22. The standard InChI is InChI=1S/C22H26N2O3S/c25-22(13-10-17-6-2-1-3-7-17)24-15-14-18-16-20(11-12-21(18)24)28(26,27)23-19-8-4-5-9-19/h1-3,6-7,11-12,16,19,23H,4-5,8-10,13-15H2. The molecule has 1 fully saturated rings. The highest BCUT2D eigenvalue weighted by molar-refractivity contribution is 7.89. The molecule has 28 heavy (non-hydrogen) atoms. The highest BCUT2D eigenvalue weighted by Gasteiger charge is 2.28. The number of fused-ring (bicyclic) bond motifs is 1. The van der Waals surface area contributed by atoms with Crippen LogP contribution in [0.4, 0.5) is 5.69 Å². The number of aryl methyl sites for hydroxylation is 1. The minimum atomic E-state index is -3.50. The van der Waals surface area contributed by atoms with Crippen molar-refractivity contribution in [3.8, 4) is 0 Å². The number of sulfonamides is 1. The molecule has 1 amide bonds. The molecule has 0 unspecified atom stereocenters. The number of amides is 1. The molecule has 148 valence electrons. The summed E-state index contributed by atoms with van der Waals surface area (Å²) in [6.07, 6.45) is 5.84. The molecule has 0 radical (unpaired) electrons. The van der Waals surface area contributed by atoms with Crippen LogP contribution in [-0.2, 0) is 27.7 Å². The Balaban J connectivity index is 1.45. The molecule has 2 aromatic carbocycles. The van der Waals surface area contributed by atoms with E-state index in [0.29, 0.717) is 30.7 Å². The molecule has 1 aliphatic heterocycles. The number of rotatable bonds is 6. The summed E-state index contributed by atoms with van der Waals surface area (Å²) < 4.78 is 28.2. The normalized spacial score (nSPS) is 17.1. The summed E-state index contributed by atoms with van der Waals surface area (Å²) in [6.45, 7) is 0.614. The first-order chi connectivity index (χ1) is 13.5. The van der Waals surface area contributed by atoms with Crippen molar-refractivity contribution in [1.29, 1.82) is 0 Å². The Morgan fingerprint density at radius 2 is 1.82 bits per heavy atom. The lowest BCUT2D eigenvalue weighted by Gasteiger charge is -2.18. The van der Waals surface area contributed by atoms with Crippen LogP contribution >= 0.6 is 0 Å². The zero-order chi connectivity index (χ0) is 19.6. The van der Waals surface area contributed by atoms with Crippen LogP contribution in [0.5, 0.6) is 0 Å². The molecule has 0 atom stereocenters. The third-order valence-electron chi connectivity index (χ3n) is 5.71. The van der Waals surface area contributed by atoms with Gasteiger partial charge in [-0.15, -0.1) is 0 Å². The number of anilines is 1. The number of carbonyl (C=O) groups excluding carboxylic acids is 1. The molecule has 1 saturated carbocycles. The molecule has 1 N–H and O–H groups in total. The SMILES string of the molecule is O=C(CCc1ccccc1)N1CCc2cc(S(=O)(=O)NC3CCCC3)ccc21. The fourth-order valence-electron chi connectivity index (χ4n) is 4.17. The van der Waals surface area contributed by atoms with E-state index in [0.717, 1.165) is 42.5 Å². The maximum atomic E-state index is 12.7. The second kappa shape index (κ2) is 8.05. The van der Waals surface area contributed by atoms with Crippen molar-refractivity contribution in [2.24, 2.45) is 0 Å². The van der Waals surface area contributed by atoms with Crippen molar-refractivity contribution in [3.63, 3.8) is 0 Å². The van der Waals surface area contributed by atoms with Gasteiger partial charge < -0.3 is 4.90 Å². The predicted octanol–water partition coefficient (Wildman–Crippen LogP) is 3.43. The van der Waals surface area contributed by atoms with Crippen molar-refractivity contribution >= 4 is 21.6 Å². The zero-order valence-corrected chi connectivity index (χ0v) is 16.7. The predicted molar refractivity (Wildman–Crippen MR) is 110 cm³/mol. The molecule has 0 bridgehead atoms. The molecule has 4 rings (SSSR count). The highest BCUT2D eigenvalue weighted by atomic mass is 32.2. The number of benzene rings is 2. The summed E-state index contributed by atoms with van der Waals surface area (Å²) in [5, 5.41) is 0. The van der Waals surface area contributed by atoms with Gasteiger partial charge in [-0.2, -0.15) is 0 Å². The van der Waals surface area contributed by atoms with Gasteiger partial charge in [0, 0.05) is 24.7 Å². The maximum absolute atomic E-state index is 12.7. The Morgan fingerprint density at radius 1 is 1.07 bits per heavy atom. The van der Waals surface area contributed by atoms with Gasteiger partial charge in [-0.3, -0.25) is 4.79 Å². The lowest BCUT2D eigenvalue weighted by atomic mass is 10.1. The number of carbonyl (C=O) groups is 1. The number of hydrogen-bond acceptors (Lipinski definition) is 3. The van der Waals surface area contributed by atoms with Gasteiger partial charge in [-0.05, 0) is 55.0 Å². The highest BCUT2D eigenvalue weighted by Crippen LogP contribution is 2.31. The number of nitrogens with one attached hydrogen (secondary N) is 1. The second-order valence-corrected chi connectivity index (χ2v) is 9.39. The minimum absolute atomic E-state index is 0.0503. The largest absolute Gasteiger partial charge is 0.312 e. The first-order valence-electron chi connectivity index (χ1n) is 10.0. The van der Waals surface area contributed by atoms with Crippen molar-refractivity contribution in [2.75, 3.05) is 11.4 Å². The number of nitrogens with zero attached hydrogens (tertiary/aromatic N) is 1. The molecule has 5 nitrogen and oxygen atoms in total. The van der Waals surface area contributed by atoms with Crippen LogP contribution in [0, 0.1) is 0 Å². The van der Waals surface area contributed by atoms with Crippen LogP contribution in [-0.4, -0.2) is 26.9 Å². The smallest absolute Gasteiger partial charge is 0.240 e. The van der Waals surface area contributed by atoms with Gasteiger partial charge in [0.25, 0.3) is 0 Å². The summed E-state index contributed by atoms with van der Waals surface area (Å²) >= 11 is 0. The van der Waals surface area contributed by atoms with Crippen LogP contribution in [0.15, 0.2) is 53.4 Å². The Kier molecular flexibility index (Phi) is 5.51. The third kappa shape index (κ3) is 4.13. The first kappa shape index (κ1) is 19.2. The van der Waals surface area contributed by atoms with E-state index in [1.54, 1.807) is 23.1 Å². The average molecular weight is 399 g/mol. The fraction of sp³-hybridized carbons (Fsp3) is 0.409. The van der Waals surface area contributed by atoms with Gasteiger partial charge >= 0.3 is 0 Å². The van der Waals surface area contributed by atoms with Crippen LogP contribution in [0.25, 0.3) is 0 Å². The molecular formula is C22H26N2O3S. The Labute approximate surface area is 166 Å². The Morgan fingerprint density at radius 3 is 2.57 bits per heavy atom. The van der Waals surface area contributed by atoms with E-state index in [-0.39, 0.29) is 11.9 Å². The van der Waals surface area contributed by atoms with E-state index in [2.05, 4.69) is 4.72 Å². The minimum Gasteiger partial charge on any atom is -0.312 e. The van der Waals surface area contributed by atoms with Gasteiger partial charge in [0.1, 0.15) is 0 Å². The van der Waals surface area contributed by atoms with Gasteiger partial charge in [-0.1, -0.05) is 43.2 Å². The van der Waals surface area contributed by atoms with Gasteiger partial charge in [0.05, 0.1) is 4.90 Å². The molecule has 2 aliphatic rings. The van der Waals surface area contributed by atoms with E-state index in [4.69, 9.17) is 0 Å². The summed E-state index contributed by atoms with van der Waals surface area (Å²) in [7, 11) is -3.50. The quantitative estimate of drug-likeness (QED) is 0.811. The molecule has 1 aliphatic carbocycles. The molecule has 0 aromatic heterocycles. The Bertz CT molecular complexity index is 951. The molecule has 0 saturated heterocycles. The topological polar surface area (TPSA) is 66.5 Å². The van der Waals surface area contributed by atoms with Crippen molar-refractivity contribution in [3.05, 3.63) is 59.7 Å². The van der Waals surface area contributed by atoms with E-state index in [1.165, 1.54) is 0 Å². The monoisotopic (exact) mass is 398 g/mol. The summed E-state index contributed by atoms with van der Waals surface area (Å²) in [4.78, 5) is 14.8. The summed E-state index contributed by atoms with van der Waals surface area (Å²) in [5.74, 6) is 0.0855. The van der Waals surface area contributed by atoms with Crippen LogP contribution in [0.1, 0.15) is 43.2 Å². The molecule has 0 spiro atoms. The van der Waals surface area contributed by atoms with Crippen LogP contribution in [0.2, 0.25) is 0 Å². The Hall–Kier alpha value is -2.18. The van der Waals surface area contributed by atoms with Crippen LogP contribution < -0.4 is 9.62 Å². The maximum Gasteiger partial charge on any atom is 0.240 e. The van der Waals surface area contributed by atoms with Crippen LogP contribution in [0.3, 0.4) is 0 Å². The fourth-order valence-corrected chi connectivity index (χ4v) is 5.52. The van der Waals surface area contributed by atoms with E-state index >= 15 is 0 Å². The van der Waals surface area contributed by atoms with E-state index < -0.39 is 10.0 Å². The van der Waals surface area contributed by atoms with Crippen molar-refractivity contribution in [2.45, 2.75) is 55.9 Å². The van der Waals surface area contributed by atoms with Gasteiger partial charge in [0.15, 0.2) is 0 Å².